The van der Waals surface area contributed by atoms with E-state index in [-0.39, 0.29) is 18.3 Å². The van der Waals surface area contributed by atoms with Gasteiger partial charge in [0.05, 0.1) is 6.54 Å². The average molecular weight is 291 g/mol. The van der Waals surface area contributed by atoms with Crippen molar-refractivity contribution in [3.8, 4) is 0 Å². The fourth-order valence-corrected chi connectivity index (χ4v) is 1.98. The second kappa shape index (κ2) is 6.99. The Morgan fingerprint density at radius 3 is 2.86 bits per heavy atom. The van der Waals surface area contributed by atoms with Crippen molar-refractivity contribution >= 4 is 11.7 Å². The van der Waals surface area contributed by atoms with Crippen LogP contribution in [0.15, 0.2) is 34.9 Å². The maximum atomic E-state index is 13.2. The first-order valence-electron chi connectivity index (χ1n) is 6.77. The van der Waals surface area contributed by atoms with Crippen LogP contribution >= 0.6 is 0 Å². The van der Waals surface area contributed by atoms with Crippen LogP contribution in [-0.2, 0) is 11.3 Å². The summed E-state index contributed by atoms with van der Waals surface area (Å²) in [6.45, 7) is 5.11. The molecule has 1 aromatic heterocycles. The van der Waals surface area contributed by atoms with E-state index in [1.807, 2.05) is 17.9 Å². The van der Waals surface area contributed by atoms with Crippen LogP contribution in [0.25, 0.3) is 0 Å². The van der Waals surface area contributed by atoms with E-state index in [9.17, 15) is 9.18 Å². The number of hydrogen-bond acceptors (Lipinski definition) is 4. The lowest BCUT2D eigenvalue weighted by molar-refractivity contribution is -0.117. The Hall–Kier alpha value is -2.21. The van der Waals surface area contributed by atoms with Crippen molar-refractivity contribution in [3.63, 3.8) is 0 Å². The zero-order chi connectivity index (χ0) is 15.2. The van der Waals surface area contributed by atoms with E-state index in [0.29, 0.717) is 24.7 Å². The fraction of sp³-hybridized carbons (Fsp3) is 0.333. The zero-order valence-electron chi connectivity index (χ0n) is 12.1. The van der Waals surface area contributed by atoms with Crippen molar-refractivity contribution in [2.45, 2.75) is 20.4 Å². The van der Waals surface area contributed by atoms with Gasteiger partial charge in [-0.15, -0.1) is 0 Å². The highest BCUT2D eigenvalue weighted by Gasteiger charge is 2.12. The highest BCUT2D eigenvalue weighted by Crippen LogP contribution is 2.09. The molecule has 0 spiro atoms. The highest BCUT2D eigenvalue weighted by molar-refractivity contribution is 5.91. The standard InChI is InChI=1S/C15H18FN3O2/c1-3-19(9-12-5-4-6-13(16)8-12)10-15(20)17-14-7-11(2)21-18-14/h4-8H,3,9-10H2,1-2H3,(H,17,18,20). The lowest BCUT2D eigenvalue weighted by Gasteiger charge is -2.19. The average Bonchev–Trinajstić information content (AvgIpc) is 2.83. The van der Waals surface area contributed by atoms with Gasteiger partial charge in [-0.2, -0.15) is 0 Å². The number of amides is 1. The van der Waals surface area contributed by atoms with Crippen molar-refractivity contribution in [3.05, 3.63) is 47.5 Å². The van der Waals surface area contributed by atoms with Gasteiger partial charge in [0, 0.05) is 12.6 Å². The minimum atomic E-state index is -0.272. The van der Waals surface area contributed by atoms with Crippen molar-refractivity contribution in [1.29, 1.82) is 0 Å². The minimum absolute atomic E-state index is 0.179. The predicted molar refractivity (Wildman–Crippen MR) is 77.2 cm³/mol. The molecule has 0 aliphatic carbocycles. The van der Waals surface area contributed by atoms with E-state index >= 15 is 0 Å². The molecule has 2 rings (SSSR count). The van der Waals surface area contributed by atoms with Crippen LogP contribution < -0.4 is 5.32 Å². The molecule has 0 aliphatic rings. The summed E-state index contributed by atoms with van der Waals surface area (Å²) in [6.07, 6.45) is 0. The summed E-state index contributed by atoms with van der Waals surface area (Å²) in [5.74, 6) is 0.587. The molecule has 0 atom stereocenters. The van der Waals surface area contributed by atoms with Gasteiger partial charge in [0.25, 0.3) is 0 Å². The Kier molecular flexibility index (Phi) is 5.05. The molecule has 21 heavy (non-hydrogen) atoms. The fourth-order valence-electron chi connectivity index (χ4n) is 1.98. The summed E-state index contributed by atoms with van der Waals surface area (Å²) >= 11 is 0. The van der Waals surface area contributed by atoms with Gasteiger partial charge in [-0.25, -0.2) is 4.39 Å². The second-order valence-electron chi connectivity index (χ2n) is 4.80. The van der Waals surface area contributed by atoms with Gasteiger partial charge in [-0.3, -0.25) is 9.69 Å². The summed E-state index contributed by atoms with van der Waals surface area (Å²) in [4.78, 5) is 13.9. The third-order valence-corrected chi connectivity index (χ3v) is 3.01. The van der Waals surface area contributed by atoms with Gasteiger partial charge in [0.1, 0.15) is 11.6 Å². The molecule has 5 nitrogen and oxygen atoms in total. The molecule has 1 aromatic carbocycles. The number of halogens is 1. The van der Waals surface area contributed by atoms with Crippen LogP contribution in [-0.4, -0.2) is 29.1 Å². The lowest BCUT2D eigenvalue weighted by Crippen LogP contribution is -2.32. The van der Waals surface area contributed by atoms with E-state index in [4.69, 9.17) is 4.52 Å². The molecule has 0 saturated carbocycles. The first kappa shape index (κ1) is 15.2. The van der Waals surface area contributed by atoms with Crippen LogP contribution in [0.2, 0.25) is 0 Å². The van der Waals surface area contributed by atoms with Crippen LogP contribution in [0.3, 0.4) is 0 Å². The van der Waals surface area contributed by atoms with E-state index in [2.05, 4.69) is 10.5 Å². The van der Waals surface area contributed by atoms with Crippen LogP contribution in [0.5, 0.6) is 0 Å². The molecule has 1 N–H and O–H groups in total. The smallest absolute Gasteiger partial charge is 0.239 e. The Bertz CT molecular complexity index is 612. The summed E-state index contributed by atoms with van der Waals surface area (Å²) < 4.78 is 18.0. The Balaban J connectivity index is 1.91. The SMILES string of the molecule is CCN(CC(=O)Nc1cc(C)on1)Cc1cccc(F)c1. The first-order valence-corrected chi connectivity index (χ1v) is 6.77. The molecule has 2 aromatic rings. The molecule has 0 saturated heterocycles. The quantitative estimate of drug-likeness (QED) is 0.888. The third kappa shape index (κ3) is 4.68. The van der Waals surface area contributed by atoms with Gasteiger partial charge >= 0.3 is 0 Å². The Labute approximate surface area is 122 Å². The molecule has 0 aliphatic heterocycles. The maximum absolute atomic E-state index is 13.2. The van der Waals surface area contributed by atoms with E-state index in [1.54, 1.807) is 19.1 Å². The number of carbonyl (C=O) groups excluding carboxylic acids is 1. The number of anilines is 1. The molecule has 1 heterocycles. The number of rotatable bonds is 6. The number of carbonyl (C=O) groups is 1. The molecule has 0 radical (unpaired) electrons. The van der Waals surface area contributed by atoms with Crippen molar-refractivity contribution < 1.29 is 13.7 Å². The number of aromatic nitrogens is 1. The number of aryl methyl sites for hydroxylation is 1. The summed E-state index contributed by atoms with van der Waals surface area (Å²) in [5.41, 5.74) is 0.835. The number of likely N-dealkylation sites (N-methyl/N-ethyl adjacent to an activating group) is 1. The summed E-state index contributed by atoms with van der Waals surface area (Å²) in [6, 6.07) is 8.03. The van der Waals surface area contributed by atoms with Crippen molar-refractivity contribution in [2.24, 2.45) is 0 Å². The number of hydrogen-bond donors (Lipinski definition) is 1. The molecular formula is C15H18FN3O2. The van der Waals surface area contributed by atoms with Gasteiger partial charge in [0.2, 0.25) is 5.91 Å². The van der Waals surface area contributed by atoms with Gasteiger partial charge in [0.15, 0.2) is 5.82 Å². The largest absolute Gasteiger partial charge is 0.360 e. The summed E-state index contributed by atoms with van der Waals surface area (Å²) in [5, 5.41) is 6.37. The number of benzene rings is 1. The first-order chi connectivity index (χ1) is 10.1. The van der Waals surface area contributed by atoms with Gasteiger partial charge in [-0.05, 0) is 31.2 Å². The van der Waals surface area contributed by atoms with E-state index < -0.39 is 0 Å². The maximum Gasteiger partial charge on any atom is 0.239 e. The lowest BCUT2D eigenvalue weighted by atomic mass is 10.2. The van der Waals surface area contributed by atoms with E-state index in [0.717, 1.165) is 5.56 Å². The van der Waals surface area contributed by atoms with Gasteiger partial charge in [-0.1, -0.05) is 24.2 Å². The van der Waals surface area contributed by atoms with Gasteiger partial charge < -0.3 is 9.84 Å². The molecular weight excluding hydrogens is 273 g/mol. The highest BCUT2D eigenvalue weighted by atomic mass is 19.1. The normalized spacial score (nSPS) is 10.9. The number of nitrogens with one attached hydrogen (secondary N) is 1. The van der Waals surface area contributed by atoms with E-state index in [1.165, 1.54) is 12.1 Å². The Morgan fingerprint density at radius 2 is 2.24 bits per heavy atom. The van der Waals surface area contributed by atoms with Crippen molar-refractivity contribution in [1.82, 2.24) is 10.1 Å². The molecule has 0 fully saturated rings. The second-order valence-corrected chi connectivity index (χ2v) is 4.80. The molecule has 6 heteroatoms. The Morgan fingerprint density at radius 1 is 1.43 bits per heavy atom. The predicted octanol–water partition coefficient (Wildman–Crippen LogP) is 2.58. The zero-order valence-corrected chi connectivity index (χ0v) is 12.1. The van der Waals surface area contributed by atoms with Crippen LogP contribution in [0.1, 0.15) is 18.2 Å². The molecule has 0 unspecified atom stereocenters. The minimum Gasteiger partial charge on any atom is -0.360 e. The topological polar surface area (TPSA) is 58.4 Å². The van der Waals surface area contributed by atoms with Crippen molar-refractivity contribution in [2.75, 3.05) is 18.4 Å². The summed E-state index contributed by atoms with van der Waals surface area (Å²) in [7, 11) is 0. The number of nitrogens with zero attached hydrogens (tertiary/aromatic N) is 2. The molecule has 0 bridgehead atoms. The monoisotopic (exact) mass is 291 g/mol. The molecule has 1 amide bonds. The molecule has 112 valence electrons. The van der Waals surface area contributed by atoms with Crippen LogP contribution in [0.4, 0.5) is 10.2 Å². The third-order valence-electron chi connectivity index (χ3n) is 3.01. The van der Waals surface area contributed by atoms with Crippen LogP contribution in [0, 0.1) is 12.7 Å².